The molecular weight excluding hydrogens is 246 g/mol. The van der Waals surface area contributed by atoms with Crippen LogP contribution in [0.5, 0.6) is 0 Å². The second-order valence-corrected chi connectivity index (χ2v) is 7.39. The van der Waals surface area contributed by atoms with Gasteiger partial charge in [-0.05, 0) is 53.2 Å². The number of ether oxygens (including phenoxy) is 1. The lowest BCUT2D eigenvalue weighted by atomic mass is 9.94. The minimum Gasteiger partial charge on any atom is -0.367 e. The van der Waals surface area contributed by atoms with Gasteiger partial charge in [-0.25, -0.2) is 0 Å². The zero-order valence-corrected chi connectivity index (χ0v) is 12.5. The number of hydrogen-bond acceptors (Lipinski definition) is 3. The maximum absolute atomic E-state index is 12.2. The van der Waals surface area contributed by atoms with E-state index in [1.54, 1.807) is 0 Å². The quantitative estimate of drug-likeness (QED) is 0.894. The minimum atomic E-state index is -0.314. The van der Waals surface area contributed by atoms with Crippen LogP contribution in [0, 0.1) is 6.92 Å². The monoisotopic (exact) mass is 267 g/mol. The van der Waals surface area contributed by atoms with Gasteiger partial charge in [0.2, 0.25) is 0 Å². The Bertz CT molecular complexity index is 462. The molecule has 0 aliphatic carbocycles. The van der Waals surface area contributed by atoms with E-state index in [1.807, 2.05) is 32.9 Å². The molecule has 0 saturated carbocycles. The summed E-state index contributed by atoms with van der Waals surface area (Å²) < 4.78 is 5.98. The zero-order chi connectivity index (χ0) is 13.6. The minimum absolute atomic E-state index is 0.00692. The highest BCUT2D eigenvalue weighted by Crippen LogP contribution is 2.37. The Labute approximate surface area is 113 Å². The Morgan fingerprint density at radius 3 is 2.50 bits per heavy atom. The molecule has 0 unspecified atom stereocenters. The molecule has 1 N–H and O–H groups in total. The third-order valence-corrected chi connectivity index (χ3v) is 4.34. The van der Waals surface area contributed by atoms with Crippen molar-refractivity contribution in [2.75, 3.05) is 0 Å². The third-order valence-electron chi connectivity index (χ3n) is 3.34. The summed E-state index contributed by atoms with van der Waals surface area (Å²) in [6.45, 7) is 10.2. The number of carbonyl (C=O) groups is 1. The van der Waals surface area contributed by atoms with Gasteiger partial charge in [0.05, 0.1) is 22.1 Å². The summed E-state index contributed by atoms with van der Waals surface area (Å²) in [5, 5.41) is 3.10. The lowest BCUT2D eigenvalue weighted by Crippen LogP contribution is -2.45. The fraction of sp³-hybridized carbons (Fsp3) is 0.643. The Kier molecular flexibility index (Phi) is 3.28. The van der Waals surface area contributed by atoms with Crippen molar-refractivity contribution < 1.29 is 9.53 Å². The molecule has 1 aliphatic rings. The number of thiophene rings is 1. The van der Waals surface area contributed by atoms with Crippen molar-refractivity contribution in [2.45, 2.75) is 58.3 Å². The third kappa shape index (κ3) is 2.75. The average molecular weight is 267 g/mol. The molecule has 4 heteroatoms. The molecule has 1 aliphatic heterocycles. The molecule has 100 valence electrons. The second-order valence-electron chi connectivity index (χ2n) is 6.11. The van der Waals surface area contributed by atoms with Gasteiger partial charge in [0.15, 0.2) is 0 Å². The smallest absolute Gasteiger partial charge is 0.261 e. The van der Waals surface area contributed by atoms with Gasteiger partial charge in [0.1, 0.15) is 0 Å². The van der Waals surface area contributed by atoms with Crippen molar-refractivity contribution in [1.82, 2.24) is 5.32 Å². The first-order valence-electron chi connectivity index (χ1n) is 6.27. The molecule has 1 saturated heterocycles. The molecule has 1 atom stereocenters. The molecule has 0 radical (unpaired) electrons. The molecular formula is C14H21NO2S. The van der Waals surface area contributed by atoms with Gasteiger partial charge >= 0.3 is 0 Å². The van der Waals surface area contributed by atoms with Crippen LogP contribution in [-0.2, 0) is 4.74 Å². The summed E-state index contributed by atoms with van der Waals surface area (Å²) in [5.41, 5.74) is -0.488. The number of carbonyl (C=O) groups excluding carboxylic acids is 1. The molecule has 2 heterocycles. The van der Waals surface area contributed by atoms with E-state index in [4.69, 9.17) is 4.74 Å². The first-order valence-corrected chi connectivity index (χ1v) is 7.09. The van der Waals surface area contributed by atoms with Crippen molar-refractivity contribution in [1.29, 1.82) is 0 Å². The Balaban J connectivity index is 2.08. The number of nitrogens with one attached hydrogen (secondary N) is 1. The summed E-state index contributed by atoms with van der Waals surface area (Å²) in [6.07, 6.45) is 0.843. The summed E-state index contributed by atoms with van der Waals surface area (Å²) in [6, 6.07) is 3.91. The van der Waals surface area contributed by atoms with Crippen molar-refractivity contribution in [2.24, 2.45) is 0 Å². The van der Waals surface area contributed by atoms with Gasteiger partial charge in [0, 0.05) is 4.88 Å². The van der Waals surface area contributed by atoms with Crippen LogP contribution in [0.1, 0.15) is 48.7 Å². The maximum atomic E-state index is 12.2. The lowest BCUT2D eigenvalue weighted by molar-refractivity contribution is -0.0693. The number of aryl methyl sites for hydroxylation is 1. The number of amides is 1. The summed E-state index contributed by atoms with van der Waals surface area (Å²) in [4.78, 5) is 14.1. The van der Waals surface area contributed by atoms with E-state index in [9.17, 15) is 4.79 Å². The van der Waals surface area contributed by atoms with Crippen molar-refractivity contribution in [3.05, 3.63) is 21.9 Å². The maximum Gasteiger partial charge on any atom is 0.261 e. The topological polar surface area (TPSA) is 38.3 Å². The molecule has 0 bridgehead atoms. The Morgan fingerprint density at radius 1 is 1.39 bits per heavy atom. The predicted molar refractivity (Wildman–Crippen MR) is 74.2 cm³/mol. The van der Waals surface area contributed by atoms with Crippen molar-refractivity contribution in [3.63, 3.8) is 0 Å². The Morgan fingerprint density at radius 2 is 2.06 bits per heavy atom. The molecule has 18 heavy (non-hydrogen) atoms. The molecule has 1 aromatic rings. The second kappa shape index (κ2) is 4.35. The van der Waals surface area contributed by atoms with Crippen molar-refractivity contribution in [3.8, 4) is 0 Å². The van der Waals surface area contributed by atoms with E-state index >= 15 is 0 Å². The van der Waals surface area contributed by atoms with Gasteiger partial charge in [-0.3, -0.25) is 4.79 Å². The van der Waals surface area contributed by atoms with Gasteiger partial charge in [-0.1, -0.05) is 0 Å². The standard InChI is InChI=1S/C14H21NO2S/c1-9-6-7-10(18-9)12(16)15-11-8-13(2,3)17-14(11,4)5/h6-7,11H,8H2,1-5H3,(H,15,16)/t11-/m0/s1. The van der Waals surface area contributed by atoms with E-state index in [-0.39, 0.29) is 23.2 Å². The van der Waals surface area contributed by atoms with E-state index in [1.165, 1.54) is 11.3 Å². The first kappa shape index (κ1) is 13.6. The molecule has 1 fully saturated rings. The van der Waals surface area contributed by atoms with E-state index in [0.717, 1.165) is 16.2 Å². The molecule has 1 aromatic heterocycles. The van der Waals surface area contributed by atoms with Crippen molar-refractivity contribution >= 4 is 17.2 Å². The highest BCUT2D eigenvalue weighted by atomic mass is 32.1. The lowest BCUT2D eigenvalue weighted by Gasteiger charge is -2.27. The number of rotatable bonds is 2. The van der Waals surface area contributed by atoms with Gasteiger partial charge in [-0.2, -0.15) is 0 Å². The molecule has 0 aromatic carbocycles. The van der Waals surface area contributed by atoms with Crippen LogP contribution in [-0.4, -0.2) is 23.2 Å². The molecule has 1 amide bonds. The zero-order valence-electron chi connectivity index (χ0n) is 11.7. The fourth-order valence-corrected chi connectivity index (χ4v) is 3.34. The van der Waals surface area contributed by atoms with Crippen LogP contribution in [0.15, 0.2) is 12.1 Å². The SMILES string of the molecule is Cc1ccc(C(=O)N[C@H]2CC(C)(C)OC2(C)C)s1. The highest BCUT2D eigenvalue weighted by molar-refractivity contribution is 7.13. The summed E-state index contributed by atoms with van der Waals surface area (Å²) in [7, 11) is 0. The van der Waals surface area contributed by atoms with Gasteiger partial charge < -0.3 is 10.1 Å². The number of hydrogen-bond donors (Lipinski definition) is 1. The predicted octanol–water partition coefficient (Wildman–Crippen LogP) is 3.13. The summed E-state index contributed by atoms with van der Waals surface area (Å²) >= 11 is 1.53. The van der Waals surface area contributed by atoms with Crippen LogP contribution < -0.4 is 5.32 Å². The van der Waals surface area contributed by atoms with Gasteiger partial charge in [-0.15, -0.1) is 11.3 Å². The van der Waals surface area contributed by atoms with Crippen LogP contribution in [0.3, 0.4) is 0 Å². The van der Waals surface area contributed by atoms with Gasteiger partial charge in [0.25, 0.3) is 5.91 Å². The van der Waals surface area contributed by atoms with E-state index in [2.05, 4.69) is 19.2 Å². The Hall–Kier alpha value is -0.870. The van der Waals surface area contributed by atoms with Crippen LogP contribution in [0.2, 0.25) is 0 Å². The largest absolute Gasteiger partial charge is 0.367 e. The first-order chi connectivity index (χ1) is 8.20. The molecule has 3 nitrogen and oxygen atoms in total. The highest BCUT2D eigenvalue weighted by Gasteiger charge is 2.46. The molecule has 0 spiro atoms. The van der Waals surface area contributed by atoms with Crippen LogP contribution >= 0.6 is 11.3 Å². The average Bonchev–Trinajstić information content (AvgIpc) is 2.68. The normalized spacial score (nSPS) is 25.1. The van der Waals surface area contributed by atoms with Crippen LogP contribution in [0.25, 0.3) is 0 Å². The fourth-order valence-electron chi connectivity index (χ4n) is 2.57. The summed E-state index contributed by atoms with van der Waals surface area (Å²) in [5.74, 6) is 0.00692. The van der Waals surface area contributed by atoms with E-state index in [0.29, 0.717) is 0 Å². The molecule has 2 rings (SSSR count). The van der Waals surface area contributed by atoms with E-state index < -0.39 is 0 Å². The van der Waals surface area contributed by atoms with Crippen LogP contribution in [0.4, 0.5) is 0 Å².